The molecule has 7 nitrogen and oxygen atoms in total. The molecular formula is C19H14N4O3S2. The molecule has 2 aromatic carbocycles. The van der Waals surface area contributed by atoms with Crippen LogP contribution in [0.3, 0.4) is 0 Å². The Bertz CT molecular complexity index is 1180. The van der Waals surface area contributed by atoms with E-state index in [2.05, 4.69) is 15.5 Å². The zero-order chi connectivity index (χ0) is 20.1. The van der Waals surface area contributed by atoms with E-state index in [1.165, 1.54) is 6.08 Å². The number of anilines is 1. The molecule has 0 aliphatic carbocycles. The van der Waals surface area contributed by atoms with Gasteiger partial charge in [0.2, 0.25) is 19.3 Å². The lowest BCUT2D eigenvalue weighted by Gasteiger charge is -2.00. The number of amides is 1. The number of carbonyl (C=O) groups excluding carboxylic acids is 1. The van der Waals surface area contributed by atoms with E-state index in [0.717, 1.165) is 5.56 Å². The second-order valence-electron chi connectivity index (χ2n) is 5.73. The molecule has 0 unspecified atom stereocenters. The van der Waals surface area contributed by atoms with Crippen molar-refractivity contribution in [3.8, 4) is 6.07 Å². The van der Waals surface area contributed by atoms with Crippen molar-refractivity contribution in [2.45, 2.75) is 11.3 Å². The van der Waals surface area contributed by atoms with E-state index in [9.17, 15) is 18.5 Å². The molecule has 9 heteroatoms. The summed E-state index contributed by atoms with van der Waals surface area (Å²) in [6.07, 6.45) is 1.28. The molecule has 0 fully saturated rings. The van der Waals surface area contributed by atoms with Gasteiger partial charge in [-0.25, -0.2) is 8.42 Å². The molecule has 0 saturated carbocycles. The Labute approximate surface area is 165 Å². The molecule has 140 valence electrons. The maximum absolute atomic E-state index is 12.7. The van der Waals surface area contributed by atoms with E-state index in [4.69, 9.17) is 0 Å². The molecule has 28 heavy (non-hydrogen) atoms. The first kappa shape index (κ1) is 19.4. The number of benzene rings is 2. The van der Waals surface area contributed by atoms with Gasteiger partial charge in [0.1, 0.15) is 6.07 Å². The van der Waals surface area contributed by atoms with E-state index in [1.54, 1.807) is 48.5 Å². The molecule has 1 amide bonds. The maximum atomic E-state index is 12.7. The van der Waals surface area contributed by atoms with Gasteiger partial charge in [0.25, 0.3) is 5.91 Å². The summed E-state index contributed by atoms with van der Waals surface area (Å²) in [7, 11) is -4.15. The van der Waals surface area contributed by atoms with Gasteiger partial charge in [-0.2, -0.15) is 5.26 Å². The van der Waals surface area contributed by atoms with Gasteiger partial charge in [0.05, 0.1) is 0 Å². The van der Waals surface area contributed by atoms with Crippen molar-refractivity contribution in [1.29, 1.82) is 5.26 Å². The molecule has 1 aromatic heterocycles. The van der Waals surface area contributed by atoms with Crippen LogP contribution in [0.15, 0.2) is 63.8 Å². The summed E-state index contributed by atoms with van der Waals surface area (Å²) in [5.74, 6) is -0.434. The minimum atomic E-state index is -4.15. The second kappa shape index (κ2) is 8.12. The molecule has 3 aromatic rings. The zero-order valence-corrected chi connectivity index (χ0v) is 16.3. The Kier molecular flexibility index (Phi) is 5.63. The van der Waals surface area contributed by atoms with Crippen LogP contribution in [-0.2, 0) is 9.84 Å². The van der Waals surface area contributed by atoms with Crippen molar-refractivity contribution >= 4 is 38.3 Å². The van der Waals surface area contributed by atoms with Gasteiger partial charge in [0.15, 0.2) is 4.91 Å². The summed E-state index contributed by atoms with van der Waals surface area (Å²) in [6, 6.07) is 17.2. The Morgan fingerprint density at radius 2 is 1.79 bits per heavy atom. The molecule has 0 radical (unpaired) electrons. The van der Waals surface area contributed by atoms with Gasteiger partial charge in [-0.3, -0.25) is 10.1 Å². The average molecular weight is 410 g/mol. The molecule has 3 rings (SSSR count). The first-order chi connectivity index (χ1) is 13.4. The van der Waals surface area contributed by atoms with Crippen LogP contribution in [0.4, 0.5) is 5.13 Å². The van der Waals surface area contributed by atoms with Crippen molar-refractivity contribution < 1.29 is 13.2 Å². The molecule has 1 N–H and O–H groups in total. The third-order valence-electron chi connectivity index (χ3n) is 3.67. The molecule has 0 saturated heterocycles. The number of aryl methyl sites for hydroxylation is 1. The van der Waals surface area contributed by atoms with E-state index in [0.29, 0.717) is 22.5 Å². The monoisotopic (exact) mass is 410 g/mol. The Morgan fingerprint density at radius 1 is 1.11 bits per heavy atom. The van der Waals surface area contributed by atoms with Crippen LogP contribution in [0.2, 0.25) is 0 Å². The van der Waals surface area contributed by atoms with Gasteiger partial charge >= 0.3 is 0 Å². The quantitative estimate of drug-likeness (QED) is 0.509. The van der Waals surface area contributed by atoms with Crippen molar-refractivity contribution in [3.63, 3.8) is 0 Å². The standard InChI is InChI=1S/C19H14N4O3S2/c1-13-7-9-14(10-8-13)11-16(12-20)28(25,26)19-23-22-18(27-19)21-17(24)15-5-3-2-4-6-15/h2-11H,1H3,(H,21,22,24)/b16-11+. The molecule has 0 aliphatic rings. The van der Waals surface area contributed by atoms with E-state index in [-0.39, 0.29) is 9.47 Å². The molecular weight excluding hydrogens is 396 g/mol. The first-order valence-corrected chi connectivity index (χ1v) is 10.3. The highest BCUT2D eigenvalue weighted by atomic mass is 32.2. The van der Waals surface area contributed by atoms with Crippen LogP contribution in [0.5, 0.6) is 0 Å². The van der Waals surface area contributed by atoms with Crippen LogP contribution in [0.25, 0.3) is 6.08 Å². The Morgan fingerprint density at radius 3 is 2.43 bits per heavy atom. The molecule has 0 bridgehead atoms. The Hall–Kier alpha value is -3.35. The van der Waals surface area contributed by atoms with Crippen LogP contribution in [-0.4, -0.2) is 24.5 Å². The highest BCUT2D eigenvalue weighted by Crippen LogP contribution is 2.27. The number of carbonyl (C=O) groups is 1. The summed E-state index contributed by atoms with van der Waals surface area (Å²) in [4.78, 5) is 11.7. The zero-order valence-electron chi connectivity index (χ0n) is 14.7. The predicted octanol–water partition coefficient (Wildman–Crippen LogP) is 3.44. The Balaban J connectivity index is 1.85. The van der Waals surface area contributed by atoms with Crippen molar-refractivity contribution in [2.24, 2.45) is 0 Å². The average Bonchev–Trinajstić information content (AvgIpc) is 3.17. The number of nitriles is 1. The molecule has 0 aliphatic heterocycles. The highest BCUT2D eigenvalue weighted by molar-refractivity contribution is 7.97. The predicted molar refractivity (Wildman–Crippen MR) is 106 cm³/mol. The maximum Gasteiger partial charge on any atom is 0.257 e. The minimum absolute atomic E-state index is 0.0278. The number of sulfone groups is 1. The van der Waals surface area contributed by atoms with Gasteiger partial charge in [-0.05, 0) is 30.7 Å². The smallest absolute Gasteiger partial charge is 0.257 e. The van der Waals surface area contributed by atoms with E-state index < -0.39 is 20.6 Å². The third-order valence-corrected chi connectivity index (χ3v) is 6.54. The second-order valence-corrected chi connectivity index (χ2v) is 8.80. The van der Waals surface area contributed by atoms with E-state index >= 15 is 0 Å². The lowest BCUT2D eigenvalue weighted by molar-refractivity contribution is 0.102. The summed E-state index contributed by atoms with van der Waals surface area (Å²) in [6.45, 7) is 1.90. The van der Waals surface area contributed by atoms with Gasteiger partial charge in [-0.1, -0.05) is 59.4 Å². The number of hydrogen-bond acceptors (Lipinski definition) is 7. The van der Waals surface area contributed by atoms with Crippen LogP contribution >= 0.6 is 11.3 Å². The third kappa shape index (κ3) is 4.31. The van der Waals surface area contributed by atoms with Crippen molar-refractivity contribution in [1.82, 2.24) is 10.2 Å². The highest BCUT2D eigenvalue weighted by Gasteiger charge is 2.26. The molecule has 0 spiro atoms. The SMILES string of the molecule is Cc1ccc(/C=C(\C#N)S(=O)(=O)c2nnc(NC(=O)c3ccccc3)s2)cc1. The van der Waals surface area contributed by atoms with Crippen molar-refractivity contribution in [2.75, 3.05) is 5.32 Å². The number of hydrogen-bond donors (Lipinski definition) is 1. The normalized spacial score (nSPS) is 11.6. The number of allylic oxidation sites excluding steroid dienone is 1. The molecule has 1 heterocycles. The van der Waals surface area contributed by atoms with Gasteiger partial charge in [-0.15, -0.1) is 10.2 Å². The fourth-order valence-corrected chi connectivity index (χ4v) is 4.37. The number of nitrogens with zero attached hydrogens (tertiary/aromatic N) is 3. The lowest BCUT2D eigenvalue weighted by atomic mass is 10.1. The topological polar surface area (TPSA) is 113 Å². The minimum Gasteiger partial charge on any atom is -0.296 e. The van der Waals surface area contributed by atoms with Crippen molar-refractivity contribution in [3.05, 3.63) is 76.2 Å². The summed E-state index contributed by atoms with van der Waals surface area (Å²) in [5, 5.41) is 19.2. The number of nitrogens with one attached hydrogen (secondary N) is 1. The number of aromatic nitrogens is 2. The largest absolute Gasteiger partial charge is 0.296 e. The fourth-order valence-electron chi connectivity index (χ4n) is 2.21. The van der Waals surface area contributed by atoms with E-state index in [1.807, 2.05) is 19.1 Å². The summed E-state index contributed by atoms with van der Waals surface area (Å²) < 4.78 is 25.1. The lowest BCUT2D eigenvalue weighted by Crippen LogP contribution is -2.11. The van der Waals surface area contributed by atoms with Gasteiger partial charge < -0.3 is 0 Å². The number of rotatable bonds is 5. The van der Waals surface area contributed by atoms with Crippen LogP contribution in [0, 0.1) is 18.3 Å². The summed E-state index contributed by atoms with van der Waals surface area (Å²) in [5.41, 5.74) is 1.99. The first-order valence-electron chi connectivity index (χ1n) is 8.03. The van der Waals surface area contributed by atoms with Crippen LogP contribution in [0.1, 0.15) is 21.5 Å². The molecule has 0 atom stereocenters. The van der Waals surface area contributed by atoms with Crippen LogP contribution < -0.4 is 5.32 Å². The summed E-state index contributed by atoms with van der Waals surface area (Å²) >= 11 is 0.685. The fraction of sp³-hybridized carbons (Fsp3) is 0.0526. The van der Waals surface area contributed by atoms with Gasteiger partial charge in [0, 0.05) is 5.56 Å².